The maximum atomic E-state index is 14.8. The van der Waals surface area contributed by atoms with E-state index in [1.54, 1.807) is 71.6 Å². The minimum Gasteiger partial charge on any atom is -0.423 e. The molecule has 4 aromatic carbocycles. The zero-order valence-corrected chi connectivity index (χ0v) is 28.8. The molecular weight excluding hydrogens is 690 g/mol. The smallest absolute Gasteiger partial charge is 0.339 e. The number of carbonyl (C=O) groups is 3. The molecule has 2 fully saturated rings. The Hall–Kier alpha value is -4.02. The Morgan fingerprint density at radius 3 is 2.17 bits per heavy atom. The van der Waals surface area contributed by atoms with Gasteiger partial charge >= 0.3 is 5.97 Å². The molecular formula is C39H34BrNO6S. The molecule has 1 N–H and O–H groups in total. The lowest BCUT2D eigenvalue weighted by molar-refractivity contribution is -0.270. The van der Waals surface area contributed by atoms with Gasteiger partial charge in [0.2, 0.25) is 11.7 Å². The first kappa shape index (κ1) is 32.5. The molecule has 48 heavy (non-hydrogen) atoms. The summed E-state index contributed by atoms with van der Waals surface area (Å²) in [6.45, 7) is 4.09. The third-order valence-electron chi connectivity index (χ3n) is 9.60. The predicted octanol–water partition coefficient (Wildman–Crippen LogP) is 7.29. The van der Waals surface area contributed by atoms with E-state index in [1.165, 1.54) is 11.8 Å². The van der Waals surface area contributed by atoms with Gasteiger partial charge in [0.25, 0.3) is 0 Å². The van der Waals surface area contributed by atoms with Crippen LogP contribution in [0.4, 0.5) is 0 Å². The third-order valence-corrected chi connectivity index (χ3v) is 11.8. The topological polar surface area (TPSA) is 93.1 Å². The van der Waals surface area contributed by atoms with Crippen molar-refractivity contribution in [2.24, 2.45) is 11.3 Å². The SMILES string of the molecule is CC1(C)S[C@H]2N(C(=O)C23CC=C(C(=O)Oc2ccccc2)C3C(=O)c2ccc(Br)cc2)[C@H]1C(O)(OCc1ccccc1)c1ccccc1. The van der Waals surface area contributed by atoms with Crippen molar-refractivity contribution in [2.75, 3.05) is 0 Å². The van der Waals surface area contributed by atoms with Gasteiger partial charge in [0.1, 0.15) is 11.8 Å². The van der Waals surface area contributed by atoms with E-state index < -0.39 is 39.3 Å². The van der Waals surface area contributed by atoms with Gasteiger partial charge in [-0.05, 0) is 50.1 Å². The molecule has 244 valence electrons. The number of benzene rings is 4. The van der Waals surface area contributed by atoms with E-state index in [0.717, 1.165) is 10.0 Å². The number of aliphatic hydroxyl groups is 1. The highest BCUT2D eigenvalue weighted by atomic mass is 79.9. The van der Waals surface area contributed by atoms with E-state index in [9.17, 15) is 19.5 Å². The molecule has 3 aliphatic rings. The van der Waals surface area contributed by atoms with E-state index in [0.29, 0.717) is 16.9 Å². The highest BCUT2D eigenvalue weighted by molar-refractivity contribution is 9.10. The molecule has 2 saturated heterocycles. The van der Waals surface area contributed by atoms with Gasteiger partial charge in [-0.3, -0.25) is 9.59 Å². The molecule has 0 aromatic heterocycles. The number of β-lactam (4-membered cyclic amide) rings is 1. The van der Waals surface area contributed by atoms with Gasteiger partial charge in [-0.15, -0.1) is 11.8 Å². The van der Waals surface area contributed by atoms with Crippen molar-refractivity contribution >= 4 is 45.4 Å². The number of hydrogen-bond donors (Lipinski definition) is 1. The third kappa shape index (κ3) is 5.33. The molecule has 2 heterocycles. The number of nitrogens with zero attached hydrogens (tertiary/aromatic N) is 1. The number of thioether (sulfide) groups is 1. The Morgan fingerprint density at radius 1 is 0.917 bits per heavy atom. The summed E-state index contributed by atoms with van der Waals surface area (Å²) in [6, 6.07) is 33.5. The van der Waals surface area contributed by atoms with E-state index in [4.69, 9.17) is 9.47 Å². The van der Waals surface area contributed by atoms with Gasteiger partial charge in [0.05, 0.1) is 23.3 Å². The number of allylic oxidation sites excluding steroid dienone is 1. The Labute approximate surface area is 292 Å². The van der Waals surface area contributed by atoms with Gasteiger partial charge in [0.15, 0.2) is 5.78 Å². The van der Waals surface area contributed by atoms with Gasteiger partial charge in [-0.2, -0.15) is 0 Å². The minimum atomic E-state index is -1.88. The van der Waals surface area contributed by atoms with Crippen molar-refractivity contribution < 1.29 is 29.0 Å². The lowest BCUT2D eigenvalue weighted by Crippen LogP contribution is -2.73. The molecule has 1 aliphatic carbocycles. The number of esters is 1. The molecule has 7 nitrogen and oxygen atoms in total. The second kappa shape index (κ2) is 12.5. The number of ketones is 1. The van der Waals surface area contributed by atoms with Gasteiger partial charge in [-0.1, -0.05) is 113 Å². The standard InChI is InChI=1S/C39H34BrNO6S/c1-37(2)34(39(45,27-14-8-4-9-15-27)46-24-25-12-6-3-7-13-25)41-35(44)38(36(41)48-37)23-22-30(33(43)47-29-16-10-5-11-17-29)31(38)32(42)26-18-20-28(40)21-19-26/h3-22,31,34,36,45H,23-24H2,1-2H3/t31?,34-,36-,38?,39?/m1/s1. The van der Waals surface area contributed by atoms with E-state index in [-0.39, 0.29) is 30.3 Å². The van der Waals surface area contributed by atoms with Crippen LogP contribution in [0.1, 0.15) is 41.8 Å². The van der Waals surface area contributed by atoms with Crippen molar-refractivity contribution in [1.82, 2.24) is 4.90 Å². The van der Waals surface area contributed by atoms with Crippen molar-refractivity contribution in [1.29, 1.82) is 0 Å². The van der Waals surface area contributed by atoms with Crippen LogP contribution in [-0.4, -0.2) is 43.8 Å². The largest absolute Gasteiger partial charge is 0.423 e. The maximum absolute atomic E-state index is 14.8. The number of amides is 1. The number of hydrogen-bond acceptors (Lipinski definition) is 7. The Bertz CT molecular complexity index is 1880. The summed E-state index contributed by atoms with van der Waals surface area (Å²) in [6.07, 6.45) is 1.88. The van der Waals surface area contributed by atoms with Crippen molar-refractivity contribution in [3.63, 3.8) is 0 Å². The molecule has 9 heteroatoms. The van der Waals surface area contributed by atoms with Crippen molar-refractivity contribution in [3.8, 4) is 5.75 Å². The van der Waals surface area contributed by atoms with Crippen LogP contribution in [0.3, 0.4) is 0 Å². The van der Waals surface area contributed by atoms with Crippen molar-refractivity contribution in [2.45, 2.75) is 48.8 Å². The van der Waals surface area contributed by atoms with E-state index in [2.05, 4.69) is 15.9 Å². The zero-order valence-electron chi connectivity index (χ0n) is 26.4. The van der Waals surface area contributed by atoms with Crippen molar-refractivity contribution in [3.05, 3.63) is 148 Å². The summed E-state index contributed by atoms with van der Waals surface area (Å²) in [4.78, 5) is 44.8. The number of fused-ring (bicyclic) bond motifs is 2. The number of ether oxygens (including phenoxy) is 2. The highest BCUT2D eigenvalue weighted by Crippen LogP contribution is 2.68. The minimum absolute atomic E-state index is 0.114. The van der Waals surface area contributed by atoms with Gasteiger partial charge < -0.3 is 19.5 Å². The monoisotopic (exact) mass is 723 g/mol. The molecule has 3 unspecified atom stereocenters. The Kier molecular flexibility index (Phi) is 8.44. The molecule has 5 atom stereocenters. The summed E-state index contributed by atoms with van der Waals surface area (Å²) in [5, 5.41) is 12.1. The van der Waals surface area contributed by atoms with Crippen LogP contribution in [0.2, 0.25) is 0 Å². The number of halogens is 1. The molecule has 2 aliphatic heterocycles. The molecule has 7 rings (SSSR count). The van der Waals surface area contributed by atoms with E-state index in [1.807, 2.05) is 68.4 Å². The maximum Gasteiger partial charge on any atom is 0.339 e. The summed E-state index contributed by atoms with van der Waals surface area (Å²) in [5.41, 5.74) is 0.705. The summed E-state index contributed by atoms with van der Waals surface area (Å²) in [5.74, 6) is -3.91. The average molecular weight is 725 g/mol. The normalized spacial score (nSPS) is 25.2. The first-order valence-electron chi connectivity index (χ1n) is 15.8. The lowest BCUT2D eigenvalue weighted by atomic mass is 9.64. The second-order valence-corrected chi connectivity index (χ2v) is 15.6. The van der Waals surface area contributed by atoms with E-state index >= 15 is 0 Å². The summed E-state index contributed by atoms with van der Waals surface area (Å²) in [7, 11) is 0. The van der Waals surface area contributed by atoms with Gasteiger partial charge in [-0.25, -0.2) is 4.79 Å². The summed E-state index contributed by atoms with van der Waals surface area (Å²) < 4.78 is 12.3. The van der Waals surface area contributed by atoms with Gasteiger partial charge in [0, 0.05) is 25.9 Å². The number of carbonyl (C=O) groups excluding carboxylic acids is 3. The average Bonchev–Trinajstić information content (AvgIpc) is 3.64. The number of Topliss-reactive ketones (excluding diaryl/α,β-unsaturated/α-hetero) is 1. The molecule has 0 bridgehead atoms. The number of rotatable bonds is 9. The molecule has 0 saturated carbocycles. The van der Waals surface area contributed by atoms with Crippen LogP contribution in [0, 0.1) is 11.3 Å². The quantitative estimate of drug-likeness (QED) is 0.0637. The molecule has 1 amide bonds. The fraction of sp³-hybridized carbons (Fsp3) is 0.256. The first-order chi connectivity index (χ1) is 23.1. The van der Waals surface area contributed by atoms with Crippen LogP contribution in [0.15, 0.2) is 131 Å². The van der Waals surface area contributed by atoms with Crippen LogP contribution < -0.4 is 4.74 Å². The van der Waals surface area contributed by atoms with Crippen LogP contribution in [0.25, 0.3) is 0 Å². The Balaban J connectivity index is 1.27. The van der Waals surface area contributed by atoms with Crippen LogP contribution >= 0.6 is 27.7 Å². The first-order valence-corrected chi connectivity index (χ1v) is 17.5. The lowest BCUT2D eigenvalue weighted by Gasteiger charge is -2.56. The summed E-state index contributed by atoms with van der Waals surface area (Å²) >= 11 is 4.96. The second-order valence-electron chi connectivity index (χ2n) is 12.9. The Morgan fingerprint density at radius 2 is 1.52 bits per heavy atom. The predicted molar refractivity (Wildman–Crippen MR) is 187 cm³/mol. The fourth-order valence-corrected chi connectivity index (χ4v) is 9.53. The molecule has 4 aromatic rings. The zero-order chi connectivity index (χ0) is 33.7. The highest BCUT2D eigenvalue weighted by Gasteiger charge is 2.77. The molecule has 1 spiro atoms. The van der Waals surface area contributed by atoms with Crippen LogP contribution in [-0.2, 0) is 26.7 Å². The van der Waals surface area contributed by atoms with Crippen LogP contribution in [0.5, 0.6) is 5.75 Å². The molecule has 0 radical (unpaired) electrons. The number of para-hydroxylation sites is 1. The fourth-order valence-electron chi connectivity index (χ4n) is 7.42.